The second kappa shape index (κ2) is 7.71. The summed E-state index contributed by atoms with van der Waals surface area (Å²) >= 11 is 7.05. The Morgan fingerprint density at radius 1 is 1.15 bits per heavy atom. The van der Waals surface area contributed by atoms with Crippen LogP contribution in [0.3, 0.4) is 0 Å². The number of imide groups is 1. The zero-order chi connectivity index (χ0) is 19.9. The third-order valence-electron chi connectivity index (χ3n) is 5.06. The lowest BCUT2D eigenvalue weighted by Gasteiger charge is -2.29. The molecule has 1 saturated heterocycles. The number of aryl methyl sites for hydroxylation is 1. The predicted molar refractivity (Wildman–Crippen MR) is 105 cm³/mol. The van der Waals surface area contributed by atoms with E-state index in [2.05, 4.69) is 37.2 Å². The van der Waals surface area contributed by atoms with E-state index in [1.165, 1.54) is 12.1 Å². The number of fused-ring (bicyclic) bond motifs is 1. The summed E-state index contributed by atoms with van der Waals surface area (Å²) in [5, 5.41) is 11.7. The molecule has 3 rings (SSSR count). The van der Waals surface area contributed by atoms with Gasteiger partial charge in [0.1, 0.15) is 6.54 Å². The van der Waals surface area contributed by atoms with E-state index in [0.717, 1.165) is 4.90 Å². The number of nitrogens with one attached hydrogen (secondary N) is 1. The molecule has 0 radical (unpaired) electrons. The highest BCUT2D eigenvalue weighted by Gasteiger charge is 2.52. The lowest BCUT2D eigenvalue weighted by molar-refractivity contribution is -0.142. The van der Waals surface area contributed by atoms with Gasteiger partial charge in [0.2, 0.25) is 17.7 Å². The standard InChI is InChI=1S/C18H18Br2N2O5/c1-8-2-3-9(18(26)27)4-14(8)21-15(23)7-22-16(24)10-5-12(19)13(20)6-11(10)17(22)25/h2-4,10-13H,5-7H2,1H3,(H,21,23)(H,26,27)/t10-,11+,12+,13-. The number of carbonyl (C=O) groups excluding carboxylic acids is 3. The van der Waals surface area contributed by atoms with Crippen molar-refractivity contribution in [3.8, 4) is 0 Å². The molecule has 1 aliphatic heterocycles. The van der Waals surface area contributed by atoms with Gasteiger partial charge in [-0.3, -0.25) is 19.3 Å². The number of likely N-dealkylation sites (tertiary alicyclic amines) is 1. The third kappa shape index (κ3) is 3.94. The molecule has 144 valence electrons. The van der Waals surface area contributed by atoms with Gasteiger partial charge in [0.25, 0.3) is 0 Å². The molecule has 2 aliphatic rings. The van der Waals surface area contributed by atoms with Gasteiger partial charge in [-0.15, -0.1) is 0 Å². The van der Waals surface area contributed by atoms with Gasteiger partial charge in [0.05, 0.1) is 17.4 Å². The highest BCUT2D eigenvalue weighted by molar-refractivity contribution is 9.12. The number of halogens is 2. The number of carboxylic acids is 1. The lowest BCUT2D eigenvalue weighted by Crippen LogP contribution is -2.38. The van der Waals surface area contributed by atoms with Gasteiger partial charge >= 0.3 is 5.97 Å². The van der Waals surface area contributed by atoms with Crippen LogP contribution in [0.15, 0.2) is 18.2 Å². The number of hydrogen-bond donors (Lipinski definition) is 2. The number of carboxylic acid groups (broad SMARTS) is 1. The molecule has 0 aromatic heterocycles. The molecule has 0 unspecified atom stereocenters. The Bertz CT molecular complexity index is 800. The molecular weight excluding hydrogens is 484 g/mol. The molecule has 7 nitrogen and oxygen atoms in total. The molecule has 0 spiro atoms. The smallest absolute Gasteiger partial charge is 0.335 e. The van der Waals surface area contributed by atoms with Crippen molar-refractivity contribution in [3.63, 3.8) is 0 Å². The van der Waals surface area contributed by atoms with Gasteiger partial charge < -0.3 is 10.4 Å². The first kappa shape index (κ1) is 20.0. The summed E-state index contributed by atoms with van der Waals surface area (Å²) < 4.78 is 0. The third-order valence-corrected chi connectivity index (χ3v) is 7.80. The Hall–Kier alpha value is -1.74. The maximum atomic E-state index is 12.6. The van der Waals surface area contributed by atoms with E-state index >= 15 is 0 Å². The number of hydrogen-bond acceptors (Lipinski definition) is 4. The largest absolute Gasteiger partial charge is 0.478 e. The van der Waals surface area contributed by atoms with Crippen LogP contribution < -0.4 is 5.32 Å². The Morgan fingerprint density at radius 2 is 1.70 bits per heavy atom. The quantitative estimate of drug-likeness (QED) is 0.487. The molecule has 1 aromatic carbocycles. The number of carbonyl (C=O) groups is 4. The first-order chi connectivity index (χ1) is 12.7. The Kier molecular flexibility index (Phi) is 5.71. The number of amides is 3. The van der Waals surface area contributed by atoms with E-state index in [1.807, 2.05) is 0 Å². The van der Waals surface area contributed by atoms with Crippen LogP contribution in [0.25, 0.3) is 0 Å². The van der Waals surface area contributed by atoms with Crippen molar-refractivity contribution in [3.05, 3.63) is 29.3 Å². The minimum Gasteiger partial charge on any atom is -0.478 e. The Morgan fingerprint density at radius 3 is 2.22 bits per heavy atom. The average molecular weight is 502 g/mol. The molecule has 27 heavy (non-hydrogen) atoms. The molecule has 3 amide bonds. The van der Waals surface area contributed by atoms with E-state index in [-0.39, 0.29) is 33.6 Å². The number of alkyl halides is 2. The van der Waals surface area contributed by atoms with Crippen molar-refractivity contribution in [2.24, 2.45) is 11.8 Å². The summed E-state index contributed by atoms with van der Waals surface area (Å²) in [6.07, 6.45) is 1.09. The number of aromatic carboxylic acids is 1. The van der Waals surface area contributed by atoms with Crippen molar-refractivity contribution in [1.82, 2.24) is 4.90 Å². The highest BCUT2D eigenvalue weighted by Crippen LogP contribution is 2.43. The Balaban J connectivity index is 1.71. The molecule has 2 N–H and O–H groups in total. The molecule has 2 fully saturated rings. The van der Waals surface area contributed by atoms with Crippen molar-refractivity contribution in [1.29, 1.82) is 0 Å². The number of anilines is 1. The molecule has 4 atom stereocenters. The van der Waals surface area contributed by atoms with E-state index in [9.17, 15) is 19.2 Å². The average Bonchev–Trinajstić information content (AvgIpc) is 2.82. The topological polar surface area (TPSA) is 104 Å². The van der Waals surface area contributed by atoms with Crippen LogP contribution in [-0.2, 0) is 14.4 Å². The van der Waals surface area contributed by atoms with E-state index in [1.54, 1.807) is 13.0 Å². The first-order valence-corrected chi connectivity index (χ1v) is 10.3. The highest BCUT2D eigenvalue weighted by atomic mass is 79.9. The molecule has 1 aromatic rings. The number of rotatable bonds is 4. The fourth-order valence-electron chi connectivity index (χ4n) is 3.54. The van der Waals surface area contributed by atoms with Crippen molar-refractivity contribution >= 4 is 61.2 Å². The van der Waals surface area contributed by atoms with Crippen LogP contribution in [-0.4, -0.2) is 49.9 Å². The zero-order valence-electron chi connectivity index (χ0n) is 14.4. The van der Waals surface area contributed by atoms with E-state index in [0.29, 0.717) is 24.1 Å². The van der Waals surface area contributed by atoms with E-state index < -0.39 is 23.7 Å². The molecule has 0 bridgehead atoms. The fourth-order valence-corrected chi connectivity index (χ4v) is 4.78. The molecule has 1 heterocycles. The van der Waals surface area contributed by atoms with Gasteiger partial charge in [-0.2, -0.15) is 0 Å². The fraction of sp³-hybridized carbons (Fsp3) is 0.444. The summed E-state index contributed by atoms with van der Waals surface area (Å²) in [4.78, 5) is 49.9. The van der Waals surface area contributed by atoms with Crippen LogP contribution in [0.2, 0.25) is 0 Å². The Labute approximate surface area is 172 Å². The van der Waals surface area contributed by atoms with Crippen LogP contribution >= 0.6 is 31.9 Å². The maximum absolute atomic E-state index is 12.6. The number of benzene rings is 1. The van der Waals surface area contributed by atoms with Gasteiger partial charge in [-0.05, 0) is 37.5 Å². The monoisotopic (exact) mass is 500 g/mol. The minimum atomic E-state index is -1.10. The number of nitrogens with zero attached hydrogens (tertiary/aromatic N) is 1. The predicted octanol–water partition coefficient (Wildman–Crippen LogP) is 2.55. The maximum Gasteiger partial charge on any atom is 0.335 e. The summed E-state index contributed by atoms with van der Waals surface area (Å²) in [5.41, 5.74) is 1.07. The summed E-state index contributed by atoms with van der Waals surface area (Å²) in [6, 6.07) is 4.39. The van der Waals surface area contributed by atoms with Crippen molar-refractivity contribution in [2.45, 2.75) is 29.4 Å². The minimum absolute atomic E-state index is 0.0435. The summed E-state index contributed by atoms with van der Waals surface area (Å²) in [7, 11) is 0. The van der Waals surface area contributed by atoms with Gasteiger partial charge in [0, 0.05) is 15.3 Å². The second-order valence-electron chi connectivity index (χ2n) is 6.86. The van der Waals surface area contributed by atoms with Gasteiger partial charge in [0.15, 0.2) is 0 Å². The SMILES string of the molecule is Cc1ccc(C(=O)O)cc1NC(=O)CN1C(=O)[C@H]2C[C@@H](Br)[C@@H](Br)C[C@H]2C1=O. The molecule has 1 saturated carbocycles. The summed E-state index contributed by atoms with van der Waals surface area (Å²) in [5.74, 6) is -3.08. The lowest BCUT2D eigenvalue weighted by atomic mass is 9.81. The second-order valence-corrected chi connectivity index (χ2v) is 9.21. The van der Waals surface area contributed by atoms with Crippen LogP contribution in [0.1, 0.15) is 28.8 Å². The van der Waals surface area contributed by atoms with Crippen LogP contribution in [0, 0.1) is 18.8 Å². The van der Waals surface area contributed by atoms with E-state index in [4.69, 9.17) is 5.11 Å². The van der Waals surface area contributed by atoms with Gasteiger partial charge in [-0.1, -0.05) is 37.9 Å². The van der Waals surface area contributed by atoms with Crippen LogP contribution in [0.4, 0.5) is 5.69 Å². The van der Waals surface area contributed by atoms with Crippen LogP contribution in [0.5, 0.6) is 0 Å². The molecular formula is C18H18Br2N2O5. The van der Waals surface area contributed by atoms with Crippen molar-refractivity contribution < 1.29 is 24.3 Å². The normalized spacial score (nSPS) is 27.4. The molecule has 1 aliphatic carbocycles. The summed E-state index contributed by atoms with van der Waals surface area (Å²) in [6.45, 7) is 1.36. The van der Waals surface area contributed by atoms with Gasteiger partial charge in [-0.25, -0.2) is 4.79 Å². The first-order valence-electron chi connectivity index (χ1n) is 8.46. The molecule has 9 heteroatoms. The van der Waals surface area contributed by atoms with Crippen molar-refractivity contribution in [2.75, 3.05) is 11.9 Å². The zero-order valence-corrected chi connectivity index (χ0v) is 17.6.